The number of aryl methyl sites for hydroxylation is 1. The number of aliphatic hydroxyl groups excluding tert-OH is 1. The van der Waals surface area contributed by atoms with Crippen LogP contribution < -0.4 is 4.74 Å². The quantitative estimate of drug-likeness (QED) is 0.819. The largest absolute Gasteiger partial charge is 0.493 e. The average Bonchev–Trinajstić information content (AvgIpc) is 2.64. The Morgan fingerprint density at radius 1 is 1.47 bits per heavy atom. The molecule has 1 atom stereocenters. The molecule has 0 saturated heterocycles. The molecular weight excluding hydrogens is 188 g/mol. The van der Waals surface area contributed by atoms with Gasteiger partial charge in [0, 0.05) is 6.42 Å². The Hall–Kier alpha value is -1.02. The summed E-state index contributed by atoms with van der Waals surface area (Å²) in [7, 11) is 0. The molecular formula is C13H18O2. The third-order valence-corrected chi connectivity index (χ3v) is 2.84. The maximum absolute atomic E-state index is 9.17. The van der Waals surface area contributed by atoms with Crippen molar-refractivity contribution in [3.63, 3.8) is 0 Å². The van der Waals surface area contributed by atoms with Crippen LogP contribution in [-0.4, -0.2) is 17.8 Å². The van der Waals surface area contributed by atoms with Crippen LogP contribution in [0.1, 0.15) is 30.9 Å². The van der Waals surface area contributed by atoms with Crippen molar-refractivity contribution >= 4 is 0 Å². The zero-order chi connectivity index (χ0) is 10.7. The van der Waals surface area contributed by atoms with Gasteiger partial charge < -0.3 is 9.84 Å². The molecule has 1 aromatic rings. The van der Waals surface area contributed by atoms with Crippen LogP contribution in [0.4, 0.5) is 0 Å². The molecule has 1 aliphatic heterocycles. The number of aliphatic hydroxyl groups is 1. The lowest BCUT2D eigenvalue weighted by molar-refractivity contribution is 0.182. The minimum atomic E-state index is -0.178. The molecule has 1 aliphatic rings. The molecule has 0 radical (unpaired) electrons. The van der Waals surface area contributed by atoms with Crippen molar-refractivity contribution < 1.29 is 9.84 Å². The number of hydrogen-bond acceptors (Lipinski definition) is 2. The van der Waals surface area contributed by atoms with Gasteiger partial charge in [-0.15, -0.1) is 0 Å². The van der Waals surface area contributed by atoms with E-state index in [0.717, 1.165) is 38.0 Å². The van der Waals surface area contributed by atoms with Gasteiger partial charge in [0.15, 0.2) is 0 Å². The first-order chi connectivity index (χ1) is 7.25. The fraction of sp³-hybridized carbons (Fsp3) is 0.538. The molecule has 1 heterocycles. The number of hydrogen-bond donors (Lipinski definition) is 1. The molecule has 0 amide bonds. The fourth-order valence-corrected chi connectivity index (χ4v) is 2.00. The second-order valence-electron chi connectivity index (χ2n) is 4.28. The lowest BCUT2D eigenvalue weighted by Gasteiger charge is -2.05. The van der Waals surface area contributed by atoms with Crippen molar-refractivity contribution in [1.82, 2.24) is 0 Å². The zero-order valence-electron chi connectivity index (χ0n) is 9.20. The lowest BCUT2D eigenvalue weighted by Crippen LogP contribution is -1.99. The molecule has 2 nitrogen and oxygen atoms in total. The third-order valence-electron chi connectivity index (χ3n) is 2.84. The molecule has 82 valence electrons. The Balaban J connectivity index is 1.92. The molecule has 0 saturated carbocycles. The van der Waals surface area contributed by atoms with Crippen molar-refractivity contribution in [1.29, 1.82) is 0 Å². The summed E-state index contributed by atoms with van der Waals surface area (Å²) < 4.78 is 5.46. The molecule has 1 aromatic carbocycles. The highest BCUT2D eigenvalue weighted by Crippen LogP contribution is 2.26. The van der Waals surface area contributed by atoms with Crippen LogP contribution in [0.5, 0.6) is 5.75 Å². The summed E-state index contributed by atoms with van der Waals surface area (Å²) >= 11 is 0. The van der Waals surface area contributed by atoms with Gasteiger partial charge in [0.25, 0.3) is 0 Å². The van der Waals surface area contributed by atoms with Gasteiger partial charge in [-0.1, -0.05) is 12.1 Å². The van der Waals surface area contributed by atoms with E-state index >= 15 is 0 Å². The van der Waals surface area contributed by atoms with Crippen molar-refractivity contribution in [2.24, 2.45) is 0 Å². The first kappa shape index (κ1) is 10.5. The summed E-state index contributed by atoms with van der Waals surface area (Å²) in [6.45, 7) is 2.67. The maximum Gasteiger partial charge on any atom is 0.122 e. The molecule has 0 aromatic heterocycles. The summed E-state index contributed by atoms with van der Waals surface area (Å²) in [4.78, 5) is 0. The van der Waals surface area contributed by atoms with E-state index in [1.165, 1.54) is 11.1 Å². The third kappa shape index (κ3) is 2.72. The Bertz CT molecular complexity index is 331. The lowest BCUT2D eigenvalue weighted by atomic mass is 10.0. The average molecular weight is 206 g/mol. The second-order valence-corrected chi connectivity index (χ2v) is 4.28. The molecule has 2 heteroatoms. The van der Waals surface area contributed by atoms with Crippen molar-refractivity contribution in [2.75, 3.05) is 6.61 Å². The number of rotatable bonds is 4. The summed E-state index contributed by atoms with van der Waals surface area (Å²) in [5.41, 5.74) is 2.70. The van der Waals surface area contributed by atoms with Gasteiger partial charge in [0.1, 0.15) is 5.75 Å². The van der Waals surface area contributed by atoms with Crippen LogP contribution in [0.15, 0.2) is 18.2 Å². The Labute approximate surface area is 90.9 Å². The number of fused-ring (bicyclic) bond motifs is 1. The normalized spacial score (nSPS) is 15.9. The smallest absolute Gasteiger partial charge is 0.122 e. The van der Waals surface area contributed by atoms with E-state index in [4.69, 9.17) is 9.84 Å². The van der Waals surface area contributed by atoms with Crippen LogP contribution >= 0.6 is 0 Å². The predicted octanol–water partition coefficient (Wildman–Crippen LogP) is 2.33. The van der Waals surface area contributed by atoms with E-state index in [9.17, 15) is 0 Å². The zero-order valence-corrected chi connectivity index (χ0v) is 9.20. The van der Waals surface area contributed by atoms with Gasteiger partial charge in [0.05, 0.1) is 12.7 Å². The topological polar surface area (TPSA) is 29.5 Å². The van der Waals surface area contributed by atoms with Crippen LogP contribution in [0.2, 0.25) is 0 Å². The van der Waals surface area contributed by atoms with Crippen LogP contribution in [-0.2, 0) is 12.8 Å². The molecule has 0 bridgehead atoms. The number of ether oxygens (including phenoxy) is 1. The minimum absolute atomic E-state index is 0.178. The van der Waals surface area contributed by atoms with E-state index in [-0.39, 0.29) is 6.10 Å². The van der Waals surface area contributed by atoms with Crippen LogP contribution in [0.25, 0.3) is 0 Å². The van der Waals surface area contributed by atoms with E-state index in [2.05, 4.69) is 18.2 Å². The van der Waals surface area contributed by atoms with Crippen LogP contribution in [0.3, 0.4) is 0 Å². The van der Waals surface area contributed by atoms with E-state index in [1.54, 1.807) is 0 Å². The molecule has 15 heavy (non-hydrogen) atoms. The Kier molecular flexibility index (Phi) is 3.27. The van der Waals surface area contributed by atoms with E-state index in [0.29, 0.717) is 0 Å². The summed E-state index contributed by atoms with van der Waals surface area (Å²) in [6, 6.07) is 6.44. The van der Waals surface area contributed by atoms with Gasteiger partial charge >= 0.3 is 0 Å². The van der Waals surface area contributed by atoms with Crippen LogP contribution in [0, 0.1) is 0 Å². The van der Waals surface area contributed by atoms with E-state index in [1.807, 2.05) is 6.92 Å². The van der Waals surface area contributed by atoms with Gasteiger partial charge in [-0.05, 0) is 43.4 Å². The highest BCUT2D eigenvalue weighted by molar-refractivity contribution is 5.39. The van der Waals surface area contributed by atoms with Crippen molar-refractivity contribution in [3.05, 3.63) is 29.3 Å². The molecule has 0 spiro atoms. The Morgan fingerprint density at radius 3 is 3.13 bits per heavy atom. The SMILES string of the molecule is C[C@H](O)CCCc1ccc2c(c1)CCO2. The highest BCUT2D eigenvalue weighted by Gasteiger charge is 2.11. The predicted molar refractivity (Wildman–Crippen MR) is 60.3 cm³/mol. The molecule has 1 N–H and O–H groups in total. The maximum atomic E-state index is 9.17. The summed E-state index contributed by atoms with van der Waals surface area (Å²) in [5.74, 6) is 1.05. The standard InChI is InChI=1S/C13H18O2/c1-10(14)3-2-4-11-5-6-13-12(9-11)7-8-15-13/h5-6,9-10,14H,2-4,7-8H2,1H3/t10-/m0/s1. The van der Waals surface area contributed by atoms with Crippen molar-refractivity contribution in [3.8, 4) is 5.75 Å². The fourth-order valence-electron chi connectivity index (χ4n) is 2.00. The van der Waals surface area contributed by atoms with E-state index < -0.39 is 0 Å². The summed E-state index contributed by atoms with van der Waals surface area (Å²) in [5, 5.41) is 9.17. The molecule has 0 aliphatic carbocycles. The monoisotopic (exact) mass is 206 g/mol. The molecule has 2 rings (SSSR count). The first-order valence-electron chi connectivity index (χ1n) is 5.68. The molecule has 0 fully saturated rings. The van der Waals surface area contributed by atoms with Gasteiger partial charge in [-0.2, -0.15) is 0 Å². The molecule has 0 unspecified atom stereocenters. The Morgan fingerprint density at radius 2 is 2.33 bits per heavy atom. The highest BCUT2D eigenvalue weighted by atomic mass is 16.5. The minimum Gasteiger partial charge on any atom is -0.493 e. The second kappa shape index (κ2) is 4.67. The van der Waals surface area contributed by atoms with Gasteiger partial charge in [-0.25, -0.2) is 0 Å². The number of benzene rings is 1. The van der Waals surface area contributed by atoms with Crippen molar-refractivity contribution in [2.45, 2.75) is 38.7 Å². The van der Waals surface area contributed by atoms with Gasteiger partial charge in [0.2, 0.25) is 0 Å². The summed E-state index contributed by atoms with van der Waals surface area (Å²) in [6.07, 6.45) is 3.85. The first-order valence-corrected chi connectivity index (χ1v) is 5.68. The van der Waals surface area contributed by atoms with Gasteiger partial charge in [-0.3, -0.25) is 0 Å².